The minimum atomic E-state index is 0.101. The average Bonchev–Trinajstić information content (AvgIpc) is 2.34. The first kappa shape index (κ1) is 13.3. The fourth-order valence-electron chi connectivity index (χ4n) is 2.75. The maximum absolute atomic E-state index is 12.1. The SMILES string of the molecule is CC(C)CN1CCCC(=O)C1Cc1ccccc1. The van der Waals surface area contributed by atoms with E-state index < -0.39 is 0 Å². The van der Waals surface area contributed by atoms with Crippen molar-refractivity contribution in [1.82, 2.24) is 4.90 Å². The third kappa shape index (κ3) is 3.42. The largest absolute Gasteiger partial charge is 0.298 e. The van der Waals surface area contributed by atoms with E-state index in [0.717, 1.165) is 32.4 Å². The molecule has 1 aromatic carbocycles. The number of nitrogens with zero attached hydrogens (tertiary/aromatic N) is 1. The molecule has 1 saturated heterocycles. The lowest BCUT2D eigenvalue weighted by Gasteiger charge is -2.35. The summed E-state index contributed by atoms with van der Waals surface area (Å²) in [5, 5.41) is 0. The monoisotopic (exact) mass is 245 g/mol. The lowest BCUT2D eigenvalue weighted by molar-refractivity contribution is -0.127. The van der Waals surface area contributed by atoms with Gasteiger partial charge >= 0.3 is 0 Å². The van der Waals surface area contributed by atoms with Gasteiger partial charge in [-0.2, -0.15) is 0 Å². The molecule has 0 radical (unpaired) electrons. The molecule has 2 rings (SSSR count). The summed E-state index contributed by atoms with van der Waals surface area (Å²) in [5.74, 6) is 1.04. The van der Waals surface area contributed by atoms with Gasteiger partial charge < -0.3 is 0 Å². The molecule has 0 spiro atoms. The van der Waals surface area contributed by atoms with Crippen molar-refractivity contribution in [3.05, 3.63) is 35.9 Å². The zero-order valence-corrected chi connectivity index (χ0v) is 11.4. The highest BCUT2D eigenvalue weighted by Crippen LogP contribution is 2.19. The van der Waals surface area contributed by atoms with E-state index in [1.54, 1.807) is 0 Å². The normalized spacial score (nSPS) is 21.5. The van der Waals surface area contributed by atoms with Crippen LogP contribution in [0.25, 0.3) is 0 Å². The predicted molar refractivity (Wildman–Crippen MR) is 74.6 cm³/mol. The topological polar surface area (TPSA) is 20.3 Å². The summed E-state index contributed by atoms with van der Waals surface area (Å²) in [5.41, 5.74) is 1.27. The molecular formula is C16H23NO. The molecule has 0 aromatic heterocycles. The molecule has 98 valence electrons. The average molecular weight is 245 g/mol. The Balaban J connectivity index is 2.07. The predicted octanol–water partition coefficient (Wildman–Crippen LogP) is 2.92. The van der Waals surface area contributed by atoms with Gasteiger partial charge in [0, 0.05) is 13.0 Å². The van der Waals surface area contributed by atoms with Crippen LogP contribution in [0.3, 0.4) is 0 Å². The Morgan fingerprint density at radius 3 is 2.67 bits per heavy atom. The van der Waals surface area contributed by atoms with Crippen molar-refractivity contribution in [3.63, 3.8) is 0 Å². The zero-order valence-electron chi connectivity index (χ0n) is 11.4. The van der Waals surface area contributed by atoms with Crippen LogP contribution in [0.5, 0.6) is 0 Å². The number of Topliss-reactive ketones (excluding diaryl/α,β-unsaturated/α-hetero) is 1. The highest BCUT2D eigenvalue weighted by Gasteiger charge is 2.29. The molecule has 1 aliphatic heterocycles. The molecule has 0 saturated carbocycles. The van der Waals surface area contributed by atoms with Gasteiger partial charge in [0.05, 0.1) is 6.04 Å². The van der Waals surface area contributed by atoms with Crippen molar-refractivity contribution in [2.24, 2.45) is 5.92 Å². The summed E-state index contributed by atoms with van der Waals surface area (Å²) in [6.45, 7) is 6.54. The smallest absolute Gasteiger partial charge is 0.150 e. The second-order valence-corrected chi connectivity index (χ2v) is 5.66. The van der Waals surface area contributed by atoms with Crippen LogP contribution in [0, 0.1) is 5.92 Å². The summed E-state index contributed by atoms with van der Waals surface area (Å²) >= 11 is 0. The van der Waals surface area contributed by atoms with Crippen LogP contribution in [0.4, 0.5) is 0 Å². The molecule has 1 aromatic rings. The Hall–Kier alpha value is -1.15. The van der Waals surface area contributed by atoms with E-state index in [4.69, 9.17) is 0 Å². The van der Waals surface area contributed by atoms with Crippen molar-refractivity contribution in [2.75, 3.05) is 13.1 Å². The number of piperidine rings is 1. The van der Waals surface area contributed by atoms with Crippen LogP contribution < -0.4 is 0 Å². The van der Waals surface area contributed by atoms with Gasteiger partial charge in [0.1, 0.15) is 5.78 Å². The van der Waals surface area contributed by atoms with Crippen LogP contribution in [0.15, 0.2) is 30.3 Å². The second kappa shape index (κ2) is 6.14. The summed E-state index contributed by atoms with van der Waals surface area (Å²) in [6.07, 6.45) is 2.65. The third-order valence-corrected chi connectivity index (χ3v) is 3.55. The molecule has 1 fully saturated rings. The molecule has 2 heteroatoms. The van der Waals surface area contributed by atoms with E-state index in [2.05, 4.69) is 43.0 Å². The Kier molecular flexibility index (Phi) is 4.54. The number of rotatable bonds is 4. The first-order chi connectivity index (χ1) is 8.66. The number of carbonyl (C=O) groups is 1. The van der Waals surface area contributed by atoms with Gasteiger partial charge in [-0.05, 0) is 30.9 Å². The third-order valence-electron chi connectivity index (χ3n) is 3.55. The zero-order chi connectivity index (χ0) is 13.0. The Labute approximate surface area is 110 Å². The van der Waals surface area contributed by atoms with Crippen LogP contribution in [0.1, 0.15) is 32.3 Å². The highest BCUT2D eigenvalue weighted by atomic mass is 16.1. The number of carbonyl (C=O) groups excluding carboxylic acids is 1. The number of benzene rings is 1. The second-order valence-electron chi connectivity index (χ2n) is 5.66. The van der Waals surface area contributed by atoms with Gasteiger partial charge in [-0.25, -0.2) is 0 Å². The fourth-order valence-corrected chi connectivity index (χ4v) is 2.75. The fraction of sp³-hybridized carbons (Fsp3) is 0.562. The van der Waals surface area contributed by atoms with Gasteiger partial charge in [-0.3, -0.25) is 9.69 Å². The standard InChI is InChI=1S/C16H23NO/c1-13(2)12-17-10-6-9-16(18)15(17)11-14-7-4-3-5-8-14/h3-5,7-8,13,15H,6,9-12H2,1-2H3. The molecule has 1 heterocycles. The highest BCUT2D eigenvalue weighted by molar-refractivity contribution is 5.85. The van der Waals surface area contributed by atoms with E-state index in [0.29, 0.717) is 11.7 Å². The summed E-state index contributed by atoms with van der Waals surface area (Å²) in [7, 11) is 0. The number of likely N-dealkylation sites (tertiary alicyclic amines) is 1. The van der Waals surface area contributed by atoms with E-state index >= 15 is 0 Å². The van der Waals surface area contributed by atoms with Crippen molar-refractivity contribution >= 4 is 5.78 Å². The first-order valence-electron chi connectivity index (χ1n) is 6.97. The summed E-state index contributed by atoms with van der Waals surface area (Å²) in [4.78, 5) is 14.5. The molecule has 0 N–H and O–H groups in total. The number of ketones is 1. The van der Waals surface area contributed by atoms with Crippen molar-refractivity contribution in [1.29, 1.82) is 0 Å². The number of hydrogen-bond donors (Lipinski definition) is 0. The minimum Gasteiger partial charge on any atom is -0.298 e. The van der Waals surface area contributed by atoms with Crippen molar-refractivity contribution in [3.8, 4) is 0 Å². The molecule has 2 nitrogen and oxygen atoms in total. The summed E-state index contributed by atoms with van der Waals surface area (Å²) in [6, 6.07) is 10.5. The molecule has 0 aliphatic carbocycles. The van der Waals surface area contributed by atoms with Gasteiger partial charge in [-0.15, -0.1) is 0 Å². The molecule has 1 aliphatic rings. The van der Waals surface area contributed by atoms with Crippen LogP contribution in [-0.4, -0.2) is 29.8 Å². The maximum Gasteiger partial charge on any atom is 0.150 e. The van der Waals surface area contributed by atoms with Crippen LogP contribution >= 0.6 is 0 Å². The Morgan fingerprint density at radius 2 is 2.00 bits per heavy atom. The lowest BCUT2D eigenvalue weighted by Crippen LogP contribution is -2.48. The van der Waals surface area contributed by atoms with Crippen LogP contribution in [-0.2, 0) is 11.2 Å². The Morgan fingerprint density at radius 1 is 1.28 bits per heavy atom. The van der Waals surface area contributed by atoms with E-state index in [1.807, 2.05) is 6.07 Å². The van der Waals surface area contributed by atoms with Gasteiger partial charge in [0.15, 0.2) is 0 Å². The molecule has 1 unspecified atom stereocenters. The van der Waals surface area contributed by atoms with Gasteiger partial charge in [-0.1, -0.05) is 44.2 Å². The van der Waals surface area contributed by atoms with Crippen LogP contribution in [0.2, 0.25) is 0 Å². The lowest BCUT2D eigenvalue weighted by atomic mass is 9.93. The first-order valence-corrected chi connectivity index (χ1v) is 6.97. The van der Waals surface area contributed by atoms with Gasteiger partial charge in [0.25, 0.3) is 0 Å². The maximum atomic E-state index is 12.1. The summed E-state index contributed by atoms with van der Waals surface area (Å²) < 4.78 is 0. The minimum absolute atomic E-state index is 0.101. The molecule has 0 amide bonds. The quantitative estimate of drug-likeness (QED) is 0.813. The molecule has 18 heavy (non-hydrogen) atoms. The van der Waals surface area contributed by atoms with Crippen molar-refractivity contribution in [2.45, 2.75) is 39.2 Å². The molecule has 1 atom stereocenters. The Bertz CT molecular complexity index is 385. The van der Waals surface area contributed by atoms with Crippen molar-refractivity contribution < 1.29 is 4.79 Å². The number of hydrogen-bond acceptors (Lipinski definition) is 2. The van der Waals surface area contributed by atoms with E-state index in [-0.39, 0.29) is 6.04 Å². The van der Waals surface area contributed by atoms with Gasteiger partial charge in [0.2, 0.25) is 0 Å². The molecular weight excluding hydrogens is 222 g/mol. The molecule has 0 bridgehead atoms. The van der Waals surface area contributed by atoms with E-state index in [1.165, 1.54) is 5.56 Å². The van der Waals surface area contributed by atoms with E-state index in [9.17, 15) is 4.79 Å².